The molecule has 0 bridgehead atoms. The molecule has 32 heavy (non-hydrogen) atoms. The number of aryl methyl sites for hydroxylation is 1. The van der Waals surface area contributed by atoms with E-state index in [-0.39, 0.29) is 12.3 Å². The van der Waals surface area contributed by atoms with Crippen LogP contribution in [0.4, 0.5) is 10.1 Å². The van der Waals surface area contributed by atoms with Gasteiger partial charge in [-0.25, -0.2) is 4.39 Å². The van der Waals surface area contributed by atoms with Gasteiger partial charge >= 0.3 is 0 Å². The third-order valence-electron chi connectivity index (χ3n) is 4.54. The van der Waals surface area contributed by atoms with E-state index in [1.165, 1.54) is 22.9 Å². The topological polar surface area (TPSA) is 91.2 Å². The molecule has 162 valence electrons. The fourth-order valence-corrected chi connectivity index (χ4v) is 3.01. The van der Waals surface area contributed by atoms with E-state index in [0.717, 1.165) is 5.75 Å². The molecule has 0 aliphatic rings. The Labute approximate surface area is 183 Å². The minimum Gasteiger partial charge on any atom is -0.490 e. The molecular weight excluding hydrogens is 413 g/mol. The summed E-state index contributed by atoms with van der Waals surface area (Å²) in [5.41, 5.74) is 0.869. The van der Waals surface area contributed by atoms with E-state index in [1.54, 1.807) is 31.2 Å². The van der Waals surface area contributed by atoms with E-state index >= 15 is 0 Å². The predicted octanol–water partition coefficient (Wildman–Crippen LogP) is 3.82. The second-order valence-electron chi connectivity index (χ2n) is 6.76. The molecule has 0 unspecified atom stereocenters. The molecule has 0 saturated carbocycles. The molecule has 0 fully saturated rings. The number of aromatic nitrogens is 4. The number of carbonyl (C=O) groups excluding carboxylic acids is 1. The lowest BCUT2D eigenvalue weighted by atomic mass is 10.1. The molecule has 1 N–H and O–H groups in total. The number of nitrogens with one attached hydrogen (secondary N) is 1. The summed E-state index contributed by atoms with van der Waals surface area (Å²) in [4.78, 5) is 12.9. The number of carbonyl (C=O) groups is 1. The number of halogens is 1. The van der Waals surface area contributed by atoms with Gasteiger partial charge in [0.05, 0.1) is 5.56 Å². The second-order valence-corrected chi connectivity index (χ2v) is 6.76. The van der Waals surface area contributed by atoms with Crippen LogP contribution in [0.2, 0.25) is 0 Å². The largest absolute Gasteiger partial charge is 0.490 e. The van der Waals surface area contributed by atoms with Crippen molar-refractivity contribution in [2.24, 2.45) is 0 Å². The monoisotopic (exact) mass is 433 g/mol. The summed E-state index contributed by atoms with van der Waals surface area (Å²) in [7, 11) is 0. The lowest BCUT2D eigenvalue weighted by Crippen LogP contribution is -2.16. The molecule has 4 aromatic rings. The average Bonchev–Trinajstić information content (AvgIpc) is 3.24. The normalized spacial score (nSPS) is 10.6. The molecule has 0 spiro atoms. The molecule has 1 heterocycles. The van der Waals surface area contributed by atoms with Gasteiger partial charge in [-0.15, -0.1) is 5.10 Å². The summed E-state index contributed by atoms with van der Waals surface area (Å²) in [6.45, 7) is 2.24. The van der Waals surface area contributed by atoms with Gasteiger partial charge in [-0.05, 0) is 59.8 Å². The van der Waals surface area contributed by atoms with Crippen LogP contribution in [0, 0.1) is 12.7 Å². The van der Waals surface area contributed by atoms with Crippen LogP contribution in [0.15, 0.2) is 72.8 Å². The number of hydrogen-bond donors (Lipinski definition) is 1. The average molecular weight is 433 g/mol. The Kier molecular flexibility index (Phi) is 6.35. The van der Waals surface area contributed by atoms with Crippen molar-refractivity contribution in [2.45, 2.75) is 6.92 Å². The maximum atomic E-state index is 14.3. The van der Waals surface area contributed by atoms with Crippen molar-refractivity contribution in [3.05, 3.63) is 90.0 Å². The first-order chi connectivity index (χ1) is 15.6. The molecular formula is C23H20FN5O3. The maximum Gasteiger partial charge on any atom is 0.259 e. The lowest BCUT2D eigenvalue weighted by Gasteiger charge is -2.13. The van der Waals surface area contributed by atoms with Crippen LogP contribution in [-0.2, 0) is 0 Å². The third kappa shape index (κ3) is 4.89. The Hall–Kier alpha value is -4.27. The Morgan fingerprint density at radius 2 is 1.75 bits per heavy atom. The number of benzene rings is 3. The maximum absolute atomic E-state index is 14.3. The van der Waals surface area contributed by atoms with Crippen molar-refractivity contribution in [1.82, 2.24) is 20.2 Å². The molecule has 9 heteroatoms. The SMILES string of the molecule is Cc1nnnn1-c1cc(NC(=O)c2ccccc2OCCOc2ccccc2)ccc1F. The van der Waals surface area contributed by atoms with Crippen LogP contribution < -0.4 is 14.8 Å². The van der Waals surface area contributed by atoms with E-state index in [2.05, 4.69) is 20.8 Å². The zero-order chi connectivity index (χ0) is 22.3. The molecule has 8 nitrogen and oxygen atoms in total. The predicted molar refractivity (Wildman–Crippen MR) is 116 cm³/mol. The van der Waals surface area contributed by atoms with Crippen LogP contribution in [0.3, 0.4) is 0 Å². The van der Waals surface area contributed by atoms with Gasteiger partial charge in [-0.3, -0.25) is 4.79 Å². The highest BCUT2D eigenvalue weighted by Gasteiger charge is 2.15. The van der Waals surface area contributed by atoms with Crippen molar-refractivity contribution >= 4 is 11.6 Å². The van der Waals surface area contributed by atoms with Gasteiger partial charge in [0, 0.05) is 5.69 Å². The van der Waals surface area contributed by atoms with E-state index in [0.29, 0.717) is 29.4 Å². The number of nitrogens with zero attached hydrogens (tertiary/aromatic N) is 4. The van der Waals surface area contributed by atoms with Crippen molar-refractivity contribution in [3.63, 3.8) is 0 Å². The van der Waals surface area contributed by atoms with Gasteiger partial charge in [-0.2, -0.15) is 4.68 Å². The quantitative estimate of drug-likeness (QED) is 0.425. The number of hydrogen-bond acceptors (Lipinski definition) is 6. The van der Waals surface area contributed by atoms with Crippen molar-refractivity contribution in [2.75, 3.05) is 18.5 Å². The highest BCUT2D eigenvalue weighted by molar-refractivity contribution is 6.06. The van der Waals surface area contributed by atoms with Gasteiger partial charge in [0.1, 0.15) is 36.2 Å². The second kappa shape index (κ2) is 9.69. The van der Waals surface area contributed by atoms with Crippen molar-refractivity contribution in [3.8, 4) is 17.2 Å². The third-order valence-corrected chi connectivity index (χ3v) is 4.54. The minimum atomic E-state index is -0.513. The Balaban J connectivity index is 1.43. The van der Waals surface area contributed by atoms with Crippen LogP contribution in [-0.4, -0.2) is 39.3 Å². The van der Waals surface area contributed by atoms with E-state index in [9.17, 15) is 9.18 Å². The summed E-state index contributed by atoms with van der Waals surface area (Å²) < 4.78 is 26.9. The number of ether oxygens (including phenoxy) is 2. The van der Waals surface area contributed by atoms with E-state index < -0.39 is 11.7 Å². The van der Waals surface area contributed by atoms with Gasteiger partial charge in [0.2, 0.25) is 0 Å². The van der Waals surface area contributed by atoms with E-state index in [1.807, 2.05) is 30.3 Å². The molecule has 0 saturated heterocycles. The van der Waals surface area contributed by atoms with Gasteiger partial charge < -0.3 is 14.8 Å². The molecule has 0 aliphatic carbocycles. The van der Waals surface area contributed by atoms with Crippen molar-refractivity contribution < 1.29 is 18.7 Å². The summed E-state index contributed by atoms with van der Waals surface area (Å²) in [6.07, 6.45) is 0. The molecule has 0 atom stereocenters. The number of amides is 1. The highest BCUT2D eigenvalue weighted by atomic mass is 19.1. The zero-order valence-electron chi connectivity index (χ0n) is 17.2. The molecule has 1 aromatic heterocycles. The molecule has 0 aliphatic heterocycles. The molecule has 0 radical (unpaired) electrons. The first kappa shape index (κ1) is 21.0. The standard InChI is InChI=1S/C23H20FN5O3/c1-16-26-27-28-29(16)21-15-17(11-12-20(21)24)25-23(30)19-9-5-6-10-22(19)32-14-13-31-18-7-3-2-4-8-18/h2-12,15H,13-14H2,1H3,(H,25,30). The first-order valence-corrected chi connectivity index (χ1v) is 9.88. The molecule has 3 aromatic carbocycles. The zero-order valence-corrected chi connectivity index (χ0v) is 17.2. The summed E-state index contributed by atoms with van der Waals surface area (Å²) in [5, 5.41) is 13.8. The van der Waals surface area contributed by atoms with Crippen LogP contribution in [0.1, 0.15) is 16.2 Å². The van der Waals surface area contributed by atoms with Gasteiger partial charge in [-0.1, -0.05) is 30.3 Å². The van der Waals surface area contributed by atoms with Crippen LogP contribution in [0.5, 0.6) is 11.5 Å². The van der Waals surface area contributed by atoms with Gasteiger partial charge in [0.15, 0.2) is 5.82 Å². The van der Waals surface area contributed by atoms with Crippen LogP contribution >= 0.6 is 0 Å². The van der Waals surface area contributed by atoms with Crippen molar-refractivity contribution in [1.29, 1.82) is 0 Å². The first-order valence-electron chi connectivity index (χ1n) is 9.88. The summed E-state index contributed by atoms with van der Waals surface area (Å²) in [6, 6.07) is 20.4. The molecule has 1 amide bonds. The van der Waals surface area contributed by atoms with Crippen LogP contribution in [0.25, 0.3) is 5.69 Å². The number of tetrazole rings is 1. The summed E-state index contributed by atoms with van der Waals surface area (Å²) in [5.74, 6) is 0.673. The Morgan fingerprint density at radius 1 is 1.00 bits per heavy atom. The Morgan fingerprint density at radius 3 is 2.53 bits per heavy atom. The minimum absolute atomic E-state index is 0.132. The van der Waals surface area contributed by atoms with E-state index in [4.69, 9.17) is 9.47 Å². The fraction of sp³-hybridized carbons (Fsp3) is 0.130. The summed E-state index contributed by atoms with van der Waals surface area (Å²) >= 11 is 0. The number of rotatable bonds is 8. The number of para-hydroxylation sites is 2. The number of anilines is 1. The smallest absolute Gasteiger partial charge is 0.259 e. The fourth-order valence-electron chi connectivity index (χ4n) is 3.01. The highest BCUT2D eigenvalue weighted by Crippen LogP contribution is 2.22. The Bertz CT molecular complexity index is 1210. The lowest BCUT2D eigenvalue weighted by molar-refractivity contribution is 0.102. The molecule has 4 rings (SSSR count). The van der Waals surface area contributed by atoms with Gasteiger partial charge in [0.25, 0.3) is 5.91 Å².